The van der Waals surface area contributed by atoms with Crippen molar-refractivity contribution >= 4 is 40.5 Å². The summed E-state index contributed by atoms with van der Waals surface area (Å²) in [5.41, 5.74) is 5.26. The zero-order valence-corrected chi connectivity index (χ0v) is 16.3. The molecule has 132 valence electrons. The SMILES string of the molecule is CCOC(=O)c1ccc(-c2ccc(/C=N\Nc3ccc(I)cc3)o2)cc1. The van der Waals surface area contributed by atoms with Gasteiger partial charge in [-0.3, -0.25) is 5.43 Å². The Bertz CT molecular complexity index is 900. The number of ether oxygens (including phenoxy) is 1. The lowest BCUT2D eigenvalue weighted by atomic mass is 10.1. The maximum atomic E-state index is 11.7. The number of carbonyl (C=O) groups is 1. The molecule has 3 rings (SSSR count). The lowest BCUT2D eigenvalue weighted by Gasteiger charge is -2.02. The van der Waals surface area contributed by atoms with Crippen LogP contribution in [0.1, 0.15) is 23.0 Å². The standard InChI is InChI=1S/C20H17IN2O3/c1-2-25-20(24)15-5-3-14(4-6-15)19-12-11-18(26-19)13-22-23-17-9-7-16(21)8-10-17/h3-13,23H,2H2,1H3/b22-13-. The van der Waals surface area contributed by atoms with Crippen molar-refractivity contribution in [1.29, 1.82) is 0 Å². The van der Waals surface area contributed by atoms with Crippen LogP contribution in [0.2, 0.25) is 0 Å². The smallest absolute Gasteiger partial charge is 0.338 e. The highest BCUT2D eigenvalue weighted by atomic mass is 127. The Morgan fingerprint density at radius 3 is 2.54 bits per heavy atom. The summed E-state index contributed by atoms with van der Waals surface area (Å²) in [6.07, 6.45) is 1.62. The first-order valence-corrected chi connectivity index (χ1v) is 9.15. The van der Waals surface area contributed by atoms with E-state index in [4.69, 9.17) is 9.15 Å². The molecule has 0 aliphatic carbocycles. The molecule has 0 saturated carbocycles. The fourth-order valence-electron chi connectivity index (χ4n) is 2.26. The van der Waals surface area contributed by atoms with Crippen molar-refractivity contribution in [2.45, 2.75) is 6.92 Å². The molecule has 1 N–H and O–H groups in total. The summed E-state index contributed by atoms with van der Waals surface area (Å²) < 4.78 is 11.9. The van der Waals surface area contributed by atoms with Gasteiger partial charge in [-0.2, -0.15) is 5.10 Å². The molecule has 0 bridgehead atoms. The van der Waals surface area contributed by atoms with Gasteiger partial charge in [-0.1, -0.05) is 12.1 Å². The molecule has 0 spiro atoms. The molecule has 1 aromatic heterocycles. The van der Waals surface area contributed by atoms with Crippen molar-refractivity contribution in [2.24, 2.45) is 5.10 Å². The van der Waals surface area contributed by atoms with E-state index >= 15 is 0 Å². The third kappa shape index (κ3) is 4.72. The molecule has 3 aromatic rings. The number of rotatable bonds is 6. The van der Waals surface area contributed by atoms with Crippen molar-refractivity contribution in [3.63, 3.8) is 0 Å². The van der Waals surface area contributed by atoms with Crippen LogP contribution < -0.4 is 5.43 Å². The number of esters is 1. The maximum absolute atomic E-state index is 11.7. The molecule has 0 amide bonds. The lowest BCUT2D eigenvalue weighted by Crippen LogP contribution is -2.03. The van der Waals surface area contributed by atoms with Crippen LogP contribution in [0, 0.1) is 3.57 Å². The number of furan rings is 1. The Kier molecular flexibility index (Phi) is 6.06. The van der Waals surface area contributed by atoms with Crippen LogP contribution in [-0.2, 0) is 4.74 Å². The predicted molar refractivity (Wildman–Crippen MR) is 110 cm³/mol. The fraction of sp³-hybridized carbons (Fsp3) is 0.100. The molecule has 0 unspecified atom stereocenters. The van der Waals surface area contributed by atoms with Crippen LogP contribution in [0.3, 0.4) is 0 Å². The van der Waals surface area contributed by atoms with Crippen molar-refractivity contribution in [1.82, 2.24) is 0 Å². The molecule has 6 heteroatoms. The number of nitrogens with zero attached hydrogens (tertiary/aromatic N) is 1. The molecule has 0 saturated heterocycles. The van der Waals surface area contributed by atoms with Crippen molar-refractivity contribution in [2.75, 3.05) is 12.0 Å². The minimum Gasteiger partial charge on any atom is -0.462 e. The van der Waals surface area contributed by atoms with E-state index in [9.17, 15) is 4.79 Å². The van der Waals surface area contributed by atoms with E-state index in [0.29, 0.717) is 23.7 Å². The molecule has 0 aliphatic heterocycles. The van der Waals surface area contributed by atoms with E-state index in [2.05, 4.69) is 33.1 Å². The van der Waals surface area contributed by atoms with E-state index in [-0.39, 0.29) is 5.97 Å². The summed E-state index contributed by atoms with van der Waals surface area (Å²) in [7, 11) is 0. The van der Waals surface area contributed by atoms with Crippen molar-refractivity contribution in [3.05, 3.63) is 75.6 Å². The fourth-order valence-corrected chi connectivity index (χ4v) is 2.62. The molecule has 0 radical (unpaired) electrons. The van der Waals surface area contributed by atoms with Gasteiger partial charge in [0.2, 0.25) is 0 Å². The van der Waals surface area contributed by atoms with Gasteiger partial charge in [0.25, 0.3) is 0 Å². The van der Waals surface area contributed by atoms with Crippen LogP contribution in [-0.4, -0.2) is 18.8 Å². The number of nitrogens with one attached hydrogen (secondary N) is 1. The van der Waals surface area contributed by atoms with Gasteiger partial charge in [0.15, 0.2) is 0 Å². The molecule has 0 fully saturated rings. The molecule has 1 heterocycles. The van der Waals surface area contributed by atoms with Crippen LogP contribution in [0.25, 0.3) is 11.3 Å². The third-order valence-corrected chi connectivity index (χ3v) is 4.26. The number of hydrogen-bond donors (Lipinski definition) is 1. The highest BCUT2D eigenvalue weighted by molar-refractivity contribution is 14.1. The maximum Gasteiger partial charge on any atom is 0.338 e. The Balaban J connectivity index is 1.64. The molecule has 0 aliphatic rings. The van der Waals surface area contributed by atoms with Crippen LogP contribution in [0.15, 0.2) is 70.2 Å². The molecule has 5 nitrogen and oxygen atoms in total. The van der Waals surface area contributed by atoms with Gasteiger partial charge < -0.3 is 9.15 Å². The summed E-state index contributed by atoms with van der Waals surface area (Å²) >= 11 is 2.25. The summed E-state index contributed by atoms with van der Waals surface area (Å²) in [4.78, 5) is 11.7. The average Bonchev–Trinajstić information content (AvgIpc) is 3.13. The molecule has 26 heavy (non-hydrogen) atoms. The van der Waals surface area contributed by atoms with Gasteiger partial charge in [-0.25, -0.2) is 4.79 Å². The van der Waals surface area contributed by atoms with E-state index in [1.54, 1.807) is 25.3 Å². The second-order valence-corrected chi connectivity index (χ2v) is 6.62. The van der Waals surface area contributed by atoms with Gasteiger partial charge in [-0.15, -0.1) is 0 Å². The number of anilines is 1. The first-order valence-electron chi connectivity index (χ1n) is 8.08. The second kappa shape index (κ2) is 8.66. The van der Waals surface area contributed by atoms with Gasteiger partial charge in [-0.05, 0) is 78.0 Å². The minimum absolute atomic E-state index is 0.326. The Morgan fingerprint density at radius 2 is 1.85 bits per heavy atom. The number of benzene rings is 2. The number of carbonyl (C=O) groups excluding carboxylic acids is 1. The summed E-state index contributed by atoms with van der Waals surface area (Å²) in [5, 5.41) is 4.17. The second-order valence-electron chi connectivity index (χ2n) is 5.38. The predicted octanol–water partition coefficient (Wildman–Crippen LogP) is 5.17. The normalized spacial score (nSPS) is 10.8. The Hall–Kier alpha value is -2.61. The lowest BCUT2D eigenvalue weighted by molar-refractivity contribution is 0.0526. The summed E-state index contributed by atoms with van der Waals surface area (Å²) in [6.45, 7) is 2.14. The summed E-state index contributed by atoms with van der Waals surface area (Å²) in [6, 6.07) is 18.7. The molecule has 0 atom stereocenters. The highest BCUT2D eigenvalue weighted by Gasteiger charge is 2.08. The zero-order valence-electron chi connectivity index (χ0n) is 14.1. The van der Waals surface area contributed by atoms with E-state index in [0.717, 1.165) is 11.3 Å². The van der Waals surface area contributed by atoms with Gasteiger partial charge in [0.1, 0.15) is 11.5 Å². The van der Waals surface area contributed by atoms with Crippen LogP contribution >= 0.6 is 22.6 Å². The number of halogens is 1. The molecular weight excluding hydrogens is 443 g/mol. The Morgan fingerprint density at radius 1 is 1.12 bits per heavy atom. The Labute approximate surface area is 165 Å². The average molecular weight is 460 g/mol. The minimum atomic E-state index is -0.326. The van der Waals surface area contributed by atoms with Gasteiger partial charge in [0, 0.05) is 9.13 Å². The van der Waals surface area contributed by atoms with Crippen LogP contribution in [0.5, 0.6) is 0 Å². The van der Waals surface area contributed by atoms with Crippen molar-refractivity contribution in [3.8, 4) is 11.3 Å². The van der Waals surface area contributed by atoms with E-state index < -0.39 is 0 Å². The highest BCUT2D eigenvalue weighted by Crippen LogP contribution is 2.22. The number of hydrogen-bond acceptors (Lipinski definition) is 5. The van der Waals surface area contributed by atoms with E-state index in [1.165, 1.54) is 3.57 Å². The monoisotopic (exact) mass is 460 g/mol. The van der Waals surface area contributed by atoms with Gasteiger partial charge >= 0.3 is 5.97 Å². The first kappa shape index (κ1) is 18.2. The zero-order chi connectivity index (χ0) is 18.4. The first-order chi connectivity index (χ1) is 12.7. The van der Waals surface area contributed by atoms with Crippen molar-refractivity contribution < 1.29 is 13.9 Å². The number of hydrazone groups is 1. The summed E-state index contributed by atoms with van der Waals surface area (Å²) in [5.74, 6) is 1.01. The topological polar surface area (TPSA) is 63.8 Å². The van der Waals surface area contributed by atoms with Crippen LogP contribution in [0.4, 0.5) is 5.69 Å². The quantitative estimate of drug-likeness (QED) is 0.239. The third-order valence-electron chi connectivity index (χ3n) is 3.54. The largest absolute Gasteiger partial charge is 0.462 e. The van der Waals surface area contributed by atoms with Gasteiger partial charge in [0.05, 0.1) is 24.1 Å². The molecule has 2 aromatic carbocycles. The van der Waals surface area contributed by atoms with E-state index in [1.807, 2.05) is 48.5 Å². The molecular formula is C20H17IN2O3.